The lowest BCUT2D eigenvalue weighted by Crippen LogP contribution is -2.45. The van der Waals surface area contributed by atoms with Crippen molar-refractivity contribution in [3.05, 3.63) is 76.1 Å². The first-order valence-electron chi connectivity index (χ1n) is 17.6. The van der Waals surface area contributed by atoms with Crippen LogP contribution in [0.5, 0.6) is 0 Å². The van der Waals surface area contributed by atoms with Crippen molar-refractivity contribution in [2.75, 3.05) is 29.4 Å². The predicted molar refractivity (Wildman–Crippen MR) is 198 cm³/mol. The number of carbonyl (C=O) groups is 3. The van der Waals surface area contributed by atoms with Crippen LogP contribution in [0.25, 0.3) is 0 Å². The highest BCUT2D eigenvalue weighted by molar-refractivity contribution is 6.30. The zero-order valence-corrected chi connectivity index (χ0v) is 30.8. The standard InChI is InChI=1S/C20H25ClN2O2.C12H14ClNO2.C6H11NO2/c1-20(2,3)19-13-15(22-25-19)12-18(24)17-6-4-5-11-23(17)16-9-7-14(21)8-10-16;13-9-4-6-10(7-5-9)14-8-2-1-3-11(14)12(15)16;8-6(9)5-3-1-2-4-7-5/h7-10,13,17H,4-6,11-12H2,1-3H3;4-7,11H,1-3,8H2,(H,15,16);5,7H,1-4H2,(H,8,9)/t17-;11-;5-/m000/s1. The third-order valence-corrected chi connectivity index (χ3v) is 9.74. The Balaban J connectivity index is 0.000000191. The number of aromatic nitrogens is 1. The maximum absolute atomic E-state index is 12.9. The van der Waals surface area contributed by atoms with E-state index >= 15 is 0 Å². The van der Waals surface area contributed by atoms with E-state index in [4.69, 9.17) is 37.9 Å². The van der Waals surface area contributed by atoms with E-state index in [2.05, 4.69) is 36.1 Å². The highest BCUT2D eigenvalue weighted by Gasteiger charge is 2.31. The van der Waals surface area contributed by atoms with Crippen LogP contribution in [-0.2, 0) is 26.2 Å². The van der Waals surface area contributed by atoms with Crippen molar-refractivity contribution in [1.82, 2.24) is 10.5 Å². The van der Waals surface area contributed by atoms with Crippen molar-refractivity contribution in [3.8, 4) is 0 Å². The van der Waals surface area contributed by atoms with Gasteiger partial charge in [0.05, 0.1) is 18.2 Å². The molecule has 0 radical (unpaired) electrons. The van der Waals surface area contributed by atoms with Crippen LogP contribution in [0.4, 0.5) is 11.4 Å². The number of ketones is 1. The largest absolute Gasteiger partial charge is 0.480 e. The van der Waals surface area contributed by atoms with Gasteiger partial charge >= 0.3 is 11.9 Å². The number of hydrogen-bond donors (Lipinski definition) is 3. The topological polar surface area (TPSA) is 136 Å². The number of anilines is 2. The number of carbonyl (C=O) groups excluding carboxylic acids is 1. The van der Waals surface area contributed by atoms with Crippen molar-refractivity contribution in [1.29, 1.82) is 0 Å². The molecule has 3 saturated heterocycles. The molecule has 3 N–H and O–H groups in total. The molecular weight excluding hydrogens is 679 g/mol. The summed E-state index contributed by atoms with van der Waals surface area (Å²) in [4.78, 5) is 38.5. The van der Waals surface area contributed by atoms with E-state index in [1.807, 2.05) is 47.4 Å². The predicted octanol–water partition coefficient (Wildman–Crippen LogP) is 7.79. The van der Waals surface area contributed by atoms with Gasteiger partial charge in [0.15, 0.2) is 5.78 Å². The summed E-state index contributed by atoms with van der Waals surface area (Å²) < 4.78 is 5.41. The van der Waals surface area contributed by atoms with Crippen LogP contribution >= 0.6 is 23.2 Å². The number of piperidine rings is 3. The van der Waals surface area contributed by atoms with Gasteiger partial charge in [0, 0.05) is 46.0 Å². The minimum atomic E-state index is -0.741. The van der Waals surface area contributed by atoms with E-state index in [1.165, 1.54) is 0 Å². The highest BCUT2D eigenvalue weighted by atomic mass is 35.5. The summed E-state index contributed by atoms with van der Waals surface area (Å²) in [7, 11) is 0. The van der Waals surface area contributed by atoms with Crippen LogP contribution in [0.1, 0.15) is 90.0 Å². The van der Waals surface area contributed by atoms with Gasteiger partial charge in [-0.05, 0) is 106 Å². The first kappa shape index (κ1) is 39.2. The Morgan fingerprint density at radius 3 is 1.74 bits per heavy atom. The molecule has 0 spiro atoms. The quantitative estimate of drug-likeness (QED) is 0.221. The third kappa shape index (κ3) is 11.5. The second kappa shape index (κ2) is 18.6. The molecule has 3 fully saturated rings. The third-order valence-electron chi connectivity index (χ3n) is 9.24. The number of carboxylic acid groups (broad SMARTS) is 2. The van der Waals surface area contributed by atoms with Gasteiger partial charge in [0.1, 0.15) is 17.8 Å². The lowest BCUT2D eigenvalue weighted by atomic mass is 9.92. The van der Waals surface area contributed by atoms with Crippen LogP contribution in [0.15, 0.2) is 59.1 Å². The van der Waals surface area contributed by atoms with Gasteiger partial charge in [-0.3, -0.25) is 9.59 Å². The van der Waals surface area contributed by atoms with Gasteiger partial charge in [-0.25, -0.2) is 4.79 Å². The molecule has 50 heavy (non-hydrogen) atoms. The Bertz CT molecular complexity index is 1530. The molecule has 3 aliphatic heterocycles. The Hall–Kier alpha value is -3.60. The van der Waals surface area contributed by atoms with E-state index in [1.54, 1.807) is 12.1 Å². The molecule has 3 atom stereocenters. The molecule has 0 bridgehead atoms. The van der Waals surface area contributed by atoms with Gasteiger partial charge in [-0.1, -0.05) is 55.6 Å². The van der Waals surface area contributed by atoms with Gasteiger partial charge in [-0.2, -0.15) is 0 Å². The minimum absolute atomic E-state index is 0.103. The fourth-order valence-electron chi connectivity index (χ4n) is 6.45. The normalized spacial score (nSPS) is 20.9. The van der Waals surface area contributed by atoms with Crippen LogP contribution in [0.2, 0.25) is 10.0 Å². The van der Waals surface area contributed by atoms with E-state index in [0.717, 1.165) is 100 Å². The fraction of sp³-hybridized carbons (Fsp3) is 0.526. The van der Waals surface area contributed by atoms with Crippen LogP contribution in [-0.4, -0.2) is 70.9 Å². The monoisotopic (exact) mass is 728 g/mol. The molecule has 1 aromatic heterocycles. The minimum Gasteiger partial charge on any atom is -0.480 e. The number of halogens is 2. The number of benzene rings is 2. The van der Waals surface area contributed by atoms with E-state index < -0.39 is 18.0 Å². The molecule has 0 aliphatic carbocycles. The van der Waals surface area contributed by atoms with Crippen LogP contribution in [0.3, 0.4) is 0 Å². The van der Waals surface area contributed by atoms with Gasteiger partial charge in [-0.15, -0.1) is 0 Å². The summed E-state index contributed by atoms with van der Waals surface area (Å²) in [6.45, 7) is 8.77. The first-order chi connectivity index (χ1) is 23.8. The fourth-order valence-corrected chi connectivity index (χ4v) is 6.70. The zero-order valence-electron chi connectivity index (χ0n) is 29.2. The molecular formula is C38H50Cl2N4O6. The molecule has 3 aliphatic rings. The smallest absolute Gasteiger partial charge is 0.326 e. The van der Waals surface area contributed by atoms with Crippen molar-refractivity contribution >= 4 is 52.3 Å². The van der Waals surface area contributed by atoms with E-state index in [0.29, 0.717) is 16.5 Å². The average molecular weight is 730 g/mol. The summed E-state index contributed by atoms with van der Waals surface area (Å²) >= 11 is 11.8. The average Bonchev–Trinajstić information content (AvgIpc) is 3.59. The summed E-state index contributed by atoms with van der Waals surface area (Å²) in [6, 6.07) is 16.2. The molecule has 3 aromatic rings. The molecule has 12 heteroatoms. The maximum atomic E-state index is 12.9. The summed E-state index contributed by atoms with van der Waals surface area (Å²) in [5.41, 5.74) is 2.61. The summed E-state index contributed by atoms with van der Waals surface area (Å²) in [5, 5.41) is 26.0. The lowest BCUT2D eigenvalue weighted by molar-refractivity contribution is -0.140. The number of rotatable bonds is 7. The molecule has 6 rings (SSSR count). The van der Waals surface area contributed by atoms with Crippen molar-refractivity contribution in [2.24, 2.45) is 0 Å². The van der Waals surface area contributed by atoms with Crippen molar-refractivity contribution in [3.63, 3.8) is 0 Å². The van der Waals surface area contributed by atoms with Gasteiger partial charge in [0.2, 0.25) is 0 Å². The maximum Gasteiger partial charge on any atom is 0.326 e. The number of carboxylic acids is 2. The molecule has 2 aromatic carbocycles. The van der Waals surface area contributed by atoms with Crippen LogP contribution < -0.4 is 15.1 Å². The molecule has 4 heterocycles. The molecule has 0 saturated carbocycles. The second-order valence-corrected chi connectivity index (χ2v) is 15.0. The Kier molecular flexibility index (Phi) is 14.6. The Morgan fingerprint density at radius 2 is 1.30 bits per heavy atom. The lowest BCUT2D eigenvalue weighted by Gasteiger charge is -2.36. The number of nitrogens with zero attached hydrogens (tertiary/aromatic N) is 3. The SMILES string of the molecule is CC(C)(C)c1cc(CC(=O)[C@@H]2CCCCN2c2ccc(Cl)cc2)no1.O=C(O)[C@@H]1CCCCN1.O=C(O)[C@@H]1CCCCN1c1ccc(Cl)cc1. The van der Waals surface area contributed by atoms with E-state index in [9.17, 15) is 14.4 Å². The number of hydrogen-bond acceptors (Lipinski definition) is 8. The Labute approximate surface area is 305 Å². The van der Waals surface area contributed by atoms with Crippen molar-refractivity contribution < 1.29 is 29.1 Å². The number of nitrogens with one attached hydrogen (secondary N) is 1. The van der Waals surface area contributed by atoms with Crippen molar-refractivity contribution in [2.45, 2.75) is 109 Å². The van der Waals surface area contributed by atoms with Gasteiger partial charge < -0.3 is 29.9 Å². The van der Waals surface area contributed by atoms with Crippen LogP contribution in [0, 0.1) is 0 Å². The first-order valence-corrected chi connectivity index (χ1v) is 18.3. The Morgan fingerprint density at radius 1 is 0.780 bits per heavy atom. The molecule has 272 valence electrons. The summed E-state index contributed by atoms with van der Waals surface area (Å²) in [6.07, 6.45) is 9.07. The number of aliphatic carboxylic acids is 2. The number of Topliss-reactive ketones (excluding diaryl/α,β-unsaturated/α-hetero) is 1. The molecule has 0 amide bonds. The highest BCUT2D eigenvalue weighted by Crippen LogP contribution is 2.29. The molecule has 10 nitrogen and oxygen atoms in total. The second-order valence-electron chi connectivity index (χ2n) is 14.1. The molecule has 0 unspecified atom stereocenters. The summed E-state index contributed by atoms with van der Waals surface area (Å²) in [5.74, 6) is -0.443. The zero-order chi connectivity index (χ0) is 36.3. The van der Waals surface area contributed by atoms with Gasteiger partial charge in [0.25, 0.3) is 0 Å². The van der Waals surface area contributed by atoms with E-state index in [-0.39, 0.29) is 23.3 Å².